The van der Waals surface area contributed by atoms with E-state index in [9.17, 15) is 0 Å². The summed E-state index contributed by atoms with van der Waals surface area (Å²) in [6.07, 6.45) is 0. The lowest BCUT2D eigenvalue weighted by molar-refractivity contribution is 0.793. The lowest BCUT2D eigenvalue weighted by Gasteiger charge is -2.09. The summed E-state index contributed by atoms with van der Waals surface area (Å²) in [4.78, 5) is 10.0. The van der Waals surface area contributed by atoms with Gasteiger partial charge < -0.3 is 14.9 Å². The van der Waals surface area contributed by atoms with E-state index >= 15 is 0 Å². The normalized spacial score (nSPS) is 12.5. The standard InChI is InChI=1S/C39H29N5/c40-38(27-14-4-1-5-15-27)42-39(28-16-6-2-7-17-28)41-26-43-33-22-12-10-20-30(33)31-24-25-35-36(37(31)43)32-21-11-13-23-34(32)44(35)29-18-8-3-9-19-29/h1-25H,26H2,(H2,40,41,42). The van der Waals surface area contributed by atoms with Crippen molar-refractivity contribution in [3.63, 3.8) is 0 Å². The molecule has 210 valence electrons. The van der Waals surface area contributed by atoms with Gasteiger partial charge in [0.2, 0.25) is 0 Å². The van der Waals surface area contributed by atoms with Crippen molar-refractivity contribution in [3.05, 3.63) is 163 Å². The zero-order valence-electron chi connectivity index (χ0n) is 24.0. The number of nitrogens with two attached hydrogens (primary N) is 1. The number of hydrogen-bond acceptors (Lipinski definition) is 1. The molecule has 0 saturated heterocycles. The molecule has 2 aromatic heterocycles. The van der Waals surface area contributed by atoms with Gasteiger partial charge in [-0.25, -0.2) is 9.98 Å². The Morgan fingerprint density at radius 2 is 1.11 bits per heavy atom. The molecule has 0 radical (unpaired) electrons. The van der Waals surface area contributed by atoms with Crippen molar-refractivity contribution in [2.45, 2.75) is 6.67 Å². The molecule has 0 saturated carbocycles. The second-order valence-electron chi connectivity index (χ2n) is 10.8. The first-order valence-electron chi connectivity index (χ1n) is 14.8. The fraction of sp³-hybridized carbons (Fsp3) is 0.0256. The van der Waals surface area contributed by atoms with E-state index < -0.39 is 0 Å². The Bertz CT molecular complexity index is 2350. The quantitative estimate of drug-likeness (QED) is 0.164. The maximum atomic E-state index is 6.52. The summed E-state index contributed by atoms with van der Waals surface area (Å²) in [6, 6.07) is 52.2. The molecule has 0 fully saturated rings. The van der Waals surface area contributed by atoms with Crippen LogP contribution in [-0.4, -0.2) is 20.8 Å². The molecule has 8 rings (SSSR count). The SMILES string of the molecule is NC(=N/C(=N\Cn1c2ccccc2c2ccc3c(c4ccccc4n3-c3ccccc3)c21)c1ccccc1)c1ccccc1. The highest BCUT2D eigenvalue weighted by Gasteiger charge is 2.19. The third-order valence-electron chi connectivity index (χ3n) is 8.27. The lowest BCUT2D eigenvalue weighted by Crippen LogP contribution is -2.16. The van der Waals surface area contributed by atoms with E-state index in [2.05, 4.69) is 100 Å². The van der Waals surface area contributed by atoms with Crippen LogP contribution in [0.1, 0.15) is 11.1 Å². The predicted octanol–water partition coefficient (Wildman–Crippen LogP) is 8.70. The van der Waals surface area contributed by atoms with Crippen molar-refractivity contribution in [1.82, 2.24) is 9.13 Å². The topological polar surface area (TPSA) is 60.6 Å². The van der Waals surface area contributed by atoms with Crippen LogP contribution in [0.3, 0.4) is 0 Å². The Kier molecular flexibility index (Phi) is 6.27. The number of aromatic nitrogens is 2. The Hall–Kier alpha value is -5.94. The number of para-hydroxylation sites is 3. The van der Waals surface area contributed by atoms with Crippen LogP contribution in [0, 0.1) is 0 Å². The summed E-state index contributed by atoms with van der Waals surface area (Å²) >= 11 is 0. The van der Waals surface area contributed by atoms with E-state index in [4.69, 9.17) is 15.7 Å². The number of aliphatic imine (C=N–C) groups is 2. The second kappa shape index (κ2) is 10.7. The molecule has 0 bridgehead atoms. The Morgan fingerprint density at radius 3 is 1.84 bits per heavy atom. The molecule has 5 heteroatoms. The first kappa shape index (κ1) is 25.7. The molecule has 44 heavy (non-hydrogen) atoms. The van der Waals surface area contributed by atoms with Crippen molar-refractivity contribution < 1.29 is 0 Å². The predicted molar refractivity (Wildman–Crippen MR) is 184 cm³/mol. The minimum atomic E-state index is 0.379. The van der Waals surface area contributed by atoms with E-state index in [-0.39, 0.29) is 0 Å². The van der Waals surface area contributed by atoms with Crippen LogP contribution in [-0.2, 0) is 6.67 Å². The van der Waals surface area contributed by atoms with Crippen LogP contribution >= 0.6 is 0 Å². The Balaban J connectivity index is 1.40. The highest BCUT2D eigenvalue weighted by Crippen LogP contribution is 2.40. The largest absolute Gasteiger partial charge is 0.383 e. The van der Waals surface area contributed by atoms with Gasteiger partial charge >= 0.3 is 0 Å². The van der Waals surface area contributed by atoms with Gasteiger partial charge in [-0.05, 0) is 30.3 Å². The molecule has 0 spiro atoms. The molecule has 0 aliphatic heterocycles. The number of benzene rings is 6. The average molecular weight is 568 g/mol. The van der Waals surface area contributed by atoms with Crippen LogP contribution in [0.5, 0.6) is 0 Å². The van der Waals surface area contributed by atoms with Crippen molar-refractivity contribution in [2.75, 3.05) is 0 Å². The van der Waals surface area contributed by atoms with E-state index in [1.807, 2.05) is 60.7 Å². The van der Waals surface area contributed by atoms with Gasteiger partial charge in [-0.3, -0.25) is 0 Å². The van der Waals surface area contributed by atoms with Crippen molar-refractivity contribution >= 4 is 55.3 Å². The summed E-state index contributed by atoms with van der Waals surface area (Å²) < 4.78 is 4.68. The number of nitrogens with zero attached hydrogens (tertiary/aromatic N) is 4. The van der Waals surface area contributed by atoms with Crippen LogP contribution in [0.15, 0.2) is 162 Å². The van der Waals surface area contributed by atoms with Crippen LogP contribution in [0.4, 0.5) is 0 Å². The molecular formula is C39H29N5. The highest BCUT2D eigenvalue weighted by atomic mass is 15.1. The van der Waals surface area contributed by atoms with Crippen LogP contribution in [0.2, 0.25) is 0 Å². The van der Waals surface area contributed by atoms with Gasteiger partial charge in [0.05, 0.1) is 22.1 Å². The van der Waals surface area contributed by atoms with Gasteiger partial charge in [0.15, 0.2) is 5.84 Å². The zero-order chi connectivity index (χ0) is 29.5. The smallest absolute Gasteiger partial charge is 0.158 e. The van der Waals surface area contributed by atoms with Gasteiger partial charge in [0.1, 0.15) is 12.5 Å². The number of rotatable bonds is 5. The molecule has 5 nitrogen and oxygen atoms in total. The van der Waals surface area contributed by atoms with Crippen molar-refractivity contribution in [2.24, 2.45) is 15.7 Å². The molecule has 2 N–H and O–H groups in total. The van der Waals surface area contributed by atoms with E-state index in [0.717, 1.165) is 33.4 Å². The Labute approximate surface area is 254 Å². The zero-order valence-corrected chi connectivity index (χ0v) is 24.0. The van der Waals surface area contributed by atoms with Crippen LogP contribution < -0.4 is 5.73 Å². The van der Waals surface area contributed by atoms with Gasteiger partial charge in [-0.1, -0.05) is 121 Å². The van der Waals surface area contributed by atoms with Gasteiger partial charge in [-0.15, -0.1) is 0 Å². The first-order valence-corrected chi connectivity index (χ1v) is 14.8. The summed E-state index contributed by atoms with van der Waals surface area (Å²) in [6.45, 7) is 0.379. The summed E-state index contributed by atoms with van der Waals surface area (Å²) in [5.74, 6) is 1.03. The summed E-state index contributed by atoms with van der Waals surface area (Å²) in [5.41, 5.74) is 14.0. The van der Waals surface area contributed by atoms with Crippen molar-refractivity contribution in [1.29, 1.82) is 0 Å². The summed E-state index contributed by atoms with van der Waals surface area (Å²) in [7, 11) is 0. The molecule has 0 aliphatic rings. The maximum absolute atomic E-state index is 6.52. The first-order chi connectivity index (χ1) is 21.8. The van der Waals surface area contributed by atoms with Crippen molar-refractivity contribution in [3.8, 4) is 5.69 Å². The number of hydrogen-bond donors (Lipinski definition) is 1. The fourth-order valence-corrected chi connectivity index (χ4v) is 6.30. The van der Waals surface area contributed by atoms with Gasteiger partial charge in [0.25, 0.3) is 0 Å². The summed E-state index contributed by atoms with van der Waals surface area (Å²) in [5, 5.41) is 4.82. The van der Waals surface area contributed by atoms with E-state index in [1.165, 1.54) is 27.1 Å². The monoisotopic (exact) mass is 567 g/mol. The second-order valence-corrected chi connectivity index (χ2v) is 10.8. The minimum Gasteiger partial charge on any atom is -0.383 e. The average Bonchev–Trinajstić information content (AvgIpc) is 3.60. The number of fused-ring (bicyclic) bond motifs is 7. The van der Waals surface area contributed by atoms with E-state index in [0.29, 0.717) is 18.3 Å². The minimum absolute atomic E-state index is 0.379. The molecule has 0 aliphatic carbocycles. The number of amidine groups is 2. The molecule has 8 aromatic rings. The molecular weight excluding hydrogens is 538 g/mol. The highest BCUT2D eigenvalue weighted by molar-refractivity contribution is 6.25. The van der Waals surface area contributed by atoms with Gasteiger partial charge in [-0.2, -0.15) is 0 Å². The third kappa shape index (κ3) is 4.26. The molecule has 2 heterocycles. The van der Waals surface area contributed by atoms with Crippen LogP contribution in [0.25, 0.3) is 49.3 Å². The molecule has 6 aromatic carbocycles. The molecule has 0 unspecified atom stereocenters. The maximum Gasteiger partial charge on any atom is 0.158 e. The van der Waals surface area contributed by atoms with E-state index in [1.54, 1.807) is 0 Å². The molecule has 0 amide bonds. The fourth-order valence-electron chi connectivity index (χ4n) is 6.30. The third-order valence-corrected chi connectivity index (χ3v) is 8.27. The van der Waals surface area contributed by atoms with Gasteiger partial charge in [0, 0.05) is 38.4 Å². The molecule has 0 atom stereocenters. The Morgan fingerprint density at radius 1 is 0.523 bits per heavy atom. The lowest BCUT2D eigenvalue weighted by atomic mass is 10.1.